The van der Waals surface area contributed by atoms with Crippen molar-refractivity contribution in [1.29, 1.82) is 0 Å². The predicted molar refractivity (Wildman–Crippen MR) is 134 cm³/mol. The highest BCUT2D eigenvalue weighted by Crippen LogP contribution is 2.34. The number of halogens is 2. The van der Waals surface area contributed by atoms with Crippen molar-refractivity contribution in [2.24, 2.45) is 0 Å². The summed E-state index contributed by atoms with van der Waals surface area (Å²) in [7, 11) is 0. The van der Waals surface area contributed by atoms with Crippen LogP contribution in [0.15, 0.2) is 65.8 Å². The first-order valence-electron chi connectivity index (χ1n) is 11.6. The van der Waals surface area contributed by atoms with Crippen LogP contribution in [0.4, 0.5) is 8.78 Å². The summed E-state index contributed by atoms with van der Waals surface area (Å²) in [5.41, 5.74) is 2.94. The molecule has 3 heterocycles. The fourth-order valence-electron chi connectivity index (χ4n) is 4.84. The lowest BCUT2D eigenvalue weighted by Gasteiger charge is -2.23. The third kappa shape index (κ3) is 4.13. The first-order valence-corrected chi connectivity index (χ1v) is 12.4. The van der Waals surface area contributed by atoms with Crippen molar-refractivity contribution in [2.45, 2.75) is 38.4 Å². The van der Waals surface area contributed by atoms with Crippen LogP contribution >= 0.6 is 11.3 Å². The highest BCUT2D eigenvalue weighted by molar-refractivity contribution is 7.18. The molecule has 1 unspecified atom stereocenters. The Balaban J connectivity index is 1.24. The number of thiophene rings is 1. The van der Waals surface area contributed by atoms with Gasteiger partial charge in [0.15, 0.2) is 0 Å². The number of para-hydroxylation sites is 1. The quantitative estimate of drug-likeness (QED) is 0.379. The molecule has 0 spiro atoms. The van der Waals surface area contributed by atoms with Crippen molar-refractivity contribution in [3.63, 3.8) is 0 Å². The van der Waals surface area contributed by atoms with E-state index < -0.39 is 11.6 Å². The van der Waals surface area contributed by atoms with Gasteiger partial charge in [-0.3, -0.25) is 14.3 Å². The maximum Gasteiger partial charge on any atom is 0.262 e. The molecule has 1 N–H and O–H groups in total. The van der Waals surface area contributed by atoms with Gasteiger partial charge in [0, 0.05) is 34.6 Å². The second-order valence-corrected chi connectivity index (χ2v) is 10.0. The Kier molecular flexibility index (Phi) is 5.62. The molecule has 176 valence electrons. The van der Waals surface area contributed by atoms with Crippen molar-refractivity contribution in [3.8, 4) is 0 Å². The van der Waals surface area contributed by atoms with E-state index in [2.05, 4.69) is 21.4 Å². The molecule has 1 aliphatic carbocycles. The highest BCUT2D eigenvalue weighted by Gasteiger charge is 2.25. The van der Waals surface area contributed by atoms with Gasteiger partial charge in [-0.2, -0.15) is 0 Å². The topological polar surface area (TPSA) is 59.8 Å². The lowest BCUT2D eigenvalue weighted by Crippen LogP contribution is -2.34. The van der Waals surface area contributed by atoms with E-state index in [1.165, 1.54) is 29.5 Å². The zero-order chi connectivity index (χ0) is 23.9. The Bertz CT molecular complexity index is 1610. The Hall–Kier alpha value is -3.49. The Morgan fingerprint density at radius 2 is 1.91 bits per heavy atom. The van der Waals surface area contributed by atoms with Gasteiger partial charge in [-0.25, -0.2) is 13.8 Å². The van der Waals surface area contributed by atoms with E-state index in [-0.39, 0.29) is 23.7 Å². The van der Waals surface area contributed by atoms with Crippen molar-refractivity contribution in [3.05, 3.63) is 105 Å². The minimum Gasteiger partial charge on any atom is -0.309 e. The number of nitrogens with zero attached hydrogens (tertiary/aromatic N) is 3. The summed E-state index contributed by atoms with van der Waals surface area (Å²) in [6.45, 7) is 0.539. The lowest BCUT2D eigenvalue weighted by atomic mass is 9.93. The summed E-state index contributed by atoms with van der Waals surface area (Å²) in [6, 6.07) is 14.0. The smallest absolute Gasteiger partial charge is 0.262 e. The molecule has 5 aromatic rings. The maximum absolute atomic E-state index is 14.0. The van der Waals surface area contributed by atoms with Crippen molar-refractivity contribution >= 4 is 32.5 Å². The molecule has 8 heteroatoms. The van der Waals surface area contributed by atoms with Gasteiger partial charge in [0.2, 0.25) is 0 Å². The minimum absolute atomic E-state index is 0.0412. The molecule has 0 aliphatic heterocycles. The first-order chi connectivity index (χ1) is 17.1. The molecule has 3 aromatic heterocycles. The molecule has 1 atom stereocenters. The van der Waals surface area contributed by atoms with Crippen LogP contribution in [0.5, 0.6) is 0 Å². The number of aryl methyl sites for hydroxylation is 1. The molecule has 0 saturated carbocycles. The average molecular weight is 489 g/mol. The van der Waals surface area contributed by atoms with E-state index in [9.17, 15) is 13.6 Å². The van der Waals surface area contributed by atoms with Gasteiger partial charge >= 0.3 is 0 Å². The summed E-state index contributed by atoms with van der Waals surface area (Å²) < 4.78 is 29.6. The fraction of sp³-hybridized carbons (Fsp3) is 0.222. The van der Waals surface area contributed by atoms with Crippen LogP contribution in [0.2, 0.25) is 0 Å². The van der Waals surface area contributed by atoms with E-state index in [0.717, 1.165) is 44.6 Å². The Labute approximate surface area is 204 Å². The summed E-state index contributed by atoms with van der Waals surface area (Å²) in [6.07, 6.45) is 5.64. The van der Waals surface area contributed by atoms with Gasteiger partial charge in [-0.05, 0) is 54.7 Å². The van der Waals surface area contributed by atoms with E-state index in [0.29, 0.717) is 18.4 Å². The van der Waals surface area contributed by atoms with Crippen molar-refractivity contribution < 1.29 is 8.78 Å². The van der Waals surface area contributed by atoms with Gasteiger partial charge in [0.25, 0.3) is 5.56 Å². The number of rotatable bonds is 5. The summed E-state index contributed by atoms with van der Waals surface area (Å²) in [4.78, 5) is 24.4. The van der Waals surface area contributed by atoms with Crippen molar-refractivity contribution in [1.82, 2.24) is 19.9 Å². The van der Waals surface area contributed by atoms with Crippen molar-refractivity contribution in [2.75, 3.05) is 0 Å². The van der Waals surface area contributed by atoms with Gasteiger partial charge in [0.05, 0.1) is 23.8 Å². The van der Waals surface area contributed by atoms with E-state index in [1.54, 1.807) is 17.1 Å². The highest BCUT2D eigenvalue weighted by atomic mass is 32.1. The van der Waals surface area contributed by atoms with Crippen LogP contribution in [-0.2, 0) is 25.9 Å². The second kappa shape index (κ2) is 8.94. The molecule has 2 aromatic carbocycles. The second-order valence-electron chi connectivity index (χ2n) is 8.92. The van der Waals surface area contributed by atoms with Crippen LogP contribution in [0.1, 0.15) is 28.0 Å². The predicted octanol–water partition coefficient (Wildman–Crippen LogP) is 4.98. The third-order valence-electron chi connectivity index (χ3n) is 6.67. The molecule has 0 radical (unpaired) electrons. The largest absolute Gasteiger partial charge is 0.309 e. The molecular weight excluding hydrogens is 466 g/mol. The summed E-state index contributed by atoms with van der Waals surface area (Å²) in [5, 5.41) is 5.02. The monoisotopic (exact) mass is 488 g/mol. The van der Waals surface area contributed by atoms with Crippen LogP contribution < -0.4 is 10.9 Å². The number of hydrogen-bond acceptors (Lipinski definition) is 5. The fourth-order valence-corrected chi connectivity index (χ4v) is 6.09. The molecule has 0 amide bonds. The molecule has 0 saturated heterocycles. The number of aromatic nitrogens is 3. The van der Waals surface area contributed by atoms with Crippen LogP contribution in [0, 0.1) is 11.6 Å². The maximum atomic E-state index is 14.0. The molecule has 5 nitrogen and oxygen atoms in total. The van der Waals surface area contributed by atoms with Crippen LogP contribution in [0.3, 0.4) is 0 Å². The number of benzene rings is 2. The van der Waals surface area contributed by atoms with E-state index in [1.807, 2.05) is 24.3 Å². The van der Waals surface area contributed by atoms with E-state index >= 15 is 0 Å². The normalized spacial score (nSPS) is 15.5. The molecule has 35 heavy (non-hydrogen) atoms. The standard InChI is InChI=1S/C27H22F2N4OS/c28-21-5-3-6-22(29)20(21)13-30-18-8-9-19-24(11-18)35-26-25(19)27(34)33(15-32-26)14-16-10-17-4-1-2-7-23(17)31-12-16/h1-7,10,12,15,18,30H,8-9,11,13-14H2. The first kappa shape index (κ1) is 22.0. The number of nitrogens with one attached hydrogen (secondary N) is 1. The van der Waals surface area contributed by atoms with Crippen LogP contribution in [0.25, 0.3) is 21.1 Å². The summed E-state index contributed by atoms with van der Waals surface area (Å²) in [5.74, 6) is -1.08. The van der Waals surface area contributed by atoms with Gasteiger partial charge < -0.3 is 5.32 Å². The molecule has 6 rings (SSSR count). The number of hydrogen-bond donors (Lipinski definition) is 1. The summed E-state index contributed by atoms with van der Waals surface area (Å²) >= 11 is 1.54. The molecule has 1 aliphatic rings. The molecular formula is C27H22F2N4OS. The lowest BCUT2D eigenvalue weighted by molar-refractivity contribution is 0.445. The molecule has 0 fully saturated rings. The zero-order valence-electron chi connectivity index (χ0n) is 18.8. The zero-order valence-corrected chi connectivity index (χ0v) is 19.6. The van der Waals surface area contributed by atoms with Gasteiger partial charge in [-0.15, -0.1) is 11.3 Å². The van der Waals surface area contributed by atoms with Gasteiger partial charge in [-0.1, -0.05) is 24.3 Å². The number of fused-ring (bicyclic) bond motifs is 4. The Morgan fingerprint density at radius 3 is 2.77 bits per heavy atom. The van der Waals surface area contributed by atoms with E-state index in [4.69, 9.17) is 0 Å². The SMILES string of the molecule is O=c1c2c3c(sc2ncn1Cc1cnc2ccccc2c1)CC(NCc1c(F)cccc1F)CC3. The van der Waals surface area contributed by atoms with Gasteiger partial charge in [0.1, 0.15) is 16.5 Å². The van der Waals surface area contributed by atoms with Crippen LogP contribution in [-0.4, -0.2) is 20.6 Å². The minimum atomic E-state index is -0.540. The third-order valence-corrected chi connectivity index (χ3v) is 7.83. The average Bonchev–Trinajstić information content (AvgIpc) is 3.24. The molecule has 0 bridgehead atoms. The number of pyridine rings is 1. The Morgan fingerprint density at radius 1 is 1.09 bits per heavy atom.